The smallest absolute Gasteiger partial charge is 0.269 e. The van der Waals surface area contributed by atoms with Crippen molar-refractivity contribution in [1.29, 1.82) is 0 Å². The van der Waals surface area contributed by atoms with Gasteiger partial charge in [0, 0.05) is 24.4 Å². The molecule has 0 radical (unpaired) electrons. The molecule has 0 aromatic heterocycles. The monoisotopic (exact) mass is 345 g/mol. The van der Waals surface area contributed by atoms with Gasteiger partial charge in [-0.05, 0) is 67.0 Å². The number of anilines is 1. The highest BCUT2D eigenvalue weighted by molar-refractivity contribution is 7.80. The van der Waals surface area contributed by atoms with E-state index in [0.717, 1.165) is 16.8 Å². The van der Waals surface area contributed by atoms with Crippen molar-refractivity contribution in [1.82, 2.24) is 5.32 Å². The van der Waals surface area contributed by atoms with E-state index in [4.69, 9.17) is 12.2 Å². The number of nitrogens with zero attached hydrogens (tertiary/aromatic N) is 1. The molecule has 0 aliphatic carbocycles. The Morgan fingerprint density at radius 1 is 1.21 bits per heavy atom. The molecule has 24 heavy (non-hydrogen) atoms. The minimum atomic E-state index is -0.815. The average molecular weight is 345 g/mol. The first kappa shape index (κ1) is 17.8. The molecule has 2 aromatic carbocycles. The number of hydrogen-bond acceptors (Lipinski definition) is 4. The highest BCUT2D eigenvalue weighted by Crippen LogP contribution is 2.17. The molecule has 126 valence electrons. The minimum absolute atomic E-state index is 0.00841. The van der Waals surface area contributed by atoms with E-state index in [9.17, 15) is 15.2 Å². The summed E-state index contributed by atoms with van der Waals surface area (Å²) in [5.74, 6) is 0. The van der Waals surface area contributed by atoms with Gasteiger partial charge >= 0.3 is 0 Å². The van der Waals surface area contributed by atoms with Crippen LogP contribution in [-0.4, -0.2) is 21.7 Å². The summed E-state index contributed by atoms with van der Waals surface area (Å²) in [6.07, 6.45) is -0.815. The van der Waals surface area contributed by atoms with Crippen molar-refractivity contribution in [3.05, 3.63) is 69.3 Å². The molecule has 3 N–H and O–H groups in total. The van der Waals surface area contributed by atoms with Gasteiger partial charge in [-0.1, -0.05) is 6.07 Å². The van der Waals surface area contributed by atoms with E-state index < -0.39 is 11.0 Å². The zero-order valence-corrected chi connectivity index (χ0v) is 14.3. The molecule has 0 saturated carbocycles. The first-order valence-corrected chi connectivity index (χ1v) is 7.81. The quantitative estimate of drug-likeness (QED) is 0.438. The van der Waals surface area contributed by atoms with E-state index >= 15 is 0 Å². The summed E-state index contributed by atoms with van der Waals surface area (Å²) in [5.41, 5.74) is 3.72. The first-order chi connectivity index (χ1) is 11.3. The minimum Gasteiger partial charge on any atom is -0.387 e. The molecule has 0 heterocycles. The topological polar surface area (TPSA) is 87.4 Å². The zero-order chi connectivity index (χ0) is 17.7. The Bertz CT molecular complexity index is 727. The molecule has 7 heteroatoms. The number of rotatable bonds is 5. The Morgan fingerprint density at radius 2 is 1.79 bits per heavy atom. The van der Waals surface area contributed by atoms with Gasteiger partial charge in [0.15, 0.2) is 5.11 Å². The third-order valence-corrected chi connectivity index (χ3v) is 3.67. The molecule has 0 aliphatic heterocycles. The lowest BCUT2D eigenvalue weighted by molar-refractivity contribution is -0.384. The van der Waals surface area contributed by atoms with Crippen LogP contribution in [0, 0.1) is 24.0 Å². The van der Waals surface area contributed by atoms with Crippen LogP contribution in [0.25, 0.3) is 0 Å². The van der Waals surface area contributed by atoms with E-state index in [2.05, 4.69) is 16.7 Å². The van der Waals surface area contributed by atoms with Gasteiger partial charge in [-0.2, -0.15) is 0 Å². The molecule has 0 amide bonds. The number of benzene rings is 2. The third-order valence-electron chi connectivity index (χ3n) is 3.42. The normalized spacial score (nSPS) is 11.6. The molecule has 0 fully saturated rings. The SMILES string of the molecule is Cc1cc(C)cc(NC(=S)NC[C@@H](O)c2ccc([N+](=O)[O-])cc2)c1. The fraction of sp³-hybridized carbons (Fsp3) is 0.235. The maximum absolute atomic E-state index is 10.6. The maximum Gasteiger partial charge on any atom is 0.269 e. The number of nitro benzene ring substituents is 1. The van der Waals surface area contributed by atoms with Crippen LogP contribution in [-0.2, 0) is 0 Å². The number of non-ortho nitro benzene ring substituents is 1. The number of aliphatic hydroxyl groups excluding tert-OH is 1. The first-order valence-electron chi connectivity index (χ1n) is 7.40. The van der Waals surface area contributed by atoms with E-state index in [1.165, 1.54) is 24.3 Å². The Hall–Kier alpha value is -2.51. The second-order valence-electron chi connectivity index (χ2n) is 5.58. The van der Waals surface area contributed by atoms with E-state index in [1.807, 2.05) is 26.0 Å². The van der Waals surface area contributed by atoms with Crippen LogP contribution in [0.1, 0.15) is 22.8 Å². The molecule has 1 atom stereocenters. The highest BCUT2D eigenvalue weighted by Gasteiger charge is 2.11. The molecular weight excluding hydrogens is 326 g/mol. The predicted octanol–water partition coefficient (Wildman–Crippen LogP) is 3.23. The lowest BCUT2D eigenvalue weighted by Gasteiger charge is -2.15. The summed E-state index contributed by atoms with van der Waals surface area (Å²) in [6.45, 7) is 4.22. The van der Waals surface area contributed by atoms with E-state index in [-0.39, 0.29) is 12.2 Å². The van der Waals surface area contributed by atoms with Gasteiger partial charge in [-0.15, -0.1) is 0 Å². The molecule has 0 bridgehead atoms. The standard InChI is InChI=1S/C17H19N3O3S/c1-11-7-12(2)9-14(8-11)19-17(24)18-10-16(21)13-3-5-15(6-4-13)20(22)23/h3-9,16,21H,10H2,1-2H3,(H2,18,19,24)/t16-/m1/s1. The maximum atomic E-state index is 10.6. The van der Waals surface area contributed by atoms with Gasteiger partial charge < -0.3 is 15.7 Å². The fourth-order valence-electron chi connectivity index (χ4n) is 2.35. The summed E-state index contributed by atoms with van der Waals surface area (Å²) in [5, 5.41) is 27.2. The van der Waals surface area contributed by atoms with Gasteiger partial charge in [-0.25, -0.2) is 0 Å². The van der Waals surface area contributed by atoms with Crippen molar-refractivity contribution in [3.63, 3.8) is 0 Å². The van der Waals surface area contributed by atoms with Crippen molar-refractivity contribution < 1.29 is 10.0 Å². The van der Waals surface area contributed by atoms with Crippen LogP contribution in [0.4, 0.5) is 11.4 Å². The molecule has 0 unspecified atom stereocenters. The van der Waals surface area contributed by atoms with Crippen molar-refractivity contribution in [2.75, 3.05) is 11.9 Å². The molecule has 2 rings (SSSR count). The van der Waals surface area contributed by atoms with Crippen molar-refractivity contribution in [2.24, 2.45) is 0 Å². The third kappa shape index (κ3) is 5.00. The van der Waals surface area contributed by atoms with Gasteiger partial charge in [0.2, 0.25) is 0 Å². The van der Waals surface area contributed by atoms with E-state index in [1.54, 1.807) is 0 Å². The summed E-state index contributed by atoms with van der Waals surface area (Å²) in [4.78, 5) is 10.1. The Labute approximate surface area is 145 Å². The van der Waals surface area contributed by atoms with Crippen molar-refractivity contribution >= 4 is 28.7 Å². The Kier molecular flexibility index (Phi) is 5.83. The van der Waals surface area contributed by atoms with Gasteiger partial charge in [0.25, 0.3) is 5.69 Å². The second-order valence-corrected chi connectivity index (χ2v) is 5.98. The lowest BCUT2D eigenvalue weighted by atomic mass is 10.1. The Morgan fingerprint density at radius 3 is 2.33 bits per heavy atom. The largest absolute Gasteiger partial charge is 0.387 e. The fourth-order valence-corrected chi connectivity index (χ4v) is 2.55. The number of thiocarbonyl (C=S) groups is 1. The van der Waals surface area contributed by atoms with Gasteiger partial charge in [0.05, 0.1) is 11.0 Å². The van der Waals surface area contributed by atoms with E-state index in [0.29, 0.717) is 10.7 Å². The number of aryl methyl sites for hydroxylation is 2. The van der Waals surface area contributed by atoms with Gasteiger partial charge in [0.1, 0.15) is 0 Å². The molecular formula is C17H19N3O3S. The number of nitrogens with one attached hydrogen (secondary N) is 2. The molecule has 6 nitrogen and oxygen atoms in total. The number of hydrogen-bond donors (Lipinski definition) is 3. The van der Waals surface area contributed by atoms with Gasteiger partial charge in [-0.3, -0.25) is 10.1 Å². The highest BCUT2D eigenvalue weighted by atomic mass is 32.1. The summed E-state index contributed by atoms with van der Waals surface area (Å²) < 4.78 is 0. The summed E-state index contributed by atoms with van der Waals surface area (Å²) in [7, 11) is 0. The molecule has 2 aromatic rings. The van der Waals surface area contributed by atoms with Crippen molar-refractivity contribution in [2.45, 2.75) is 20.0 Å². The van der Waals surface area contributed by atoms with Crippen LogP contribution >= 0.6 is 12.2 Å². The van der Waals surface area contributed by atoms with Crippen LogP contribution in [0.5, 0.6) is 0 Å². The summed E-state index contributed by atoms with van der Waals surface area (Å²) in [6, 6.07) is 11.8. The average Bonchev–Trinajstić information content (AvgIpc) is 2.51. The van der Waals surface area contributed by atoms with Crippen LogP contribution in [0.3, 0.4) is 0 Å². The summed E-state index contributed by atoms with van der Waals surface area (Å²) >= 11 is 5.22. The zero-order valence-electron chi connectivity index (χ0n) is 13.4. The molecule has 0 saturated heterocycles. The Balaban J connectivity index is 1.89. The van der Waals surface area contributed by atoms with Crippen LogP contribution < -0.4 is 10.6 Å². The molecule has 0 spiro atoms. The van der Waals surface area contributed by atoms with Crippen LogP contribution in [0.15, 0.2) is 42.5 Å². The number of nitro groups is 1. The van der Waals surface area contributed by atoms with Crippen molar-refractivity contribution in [3.8, 4) is 0 Å². The number of aliphatic hydroxyl groups is 1. The lowest BCUT2D eigenvalue weighted by Crippen LogP contribution is -2.32. The molecule has 0 aliphatic rings. The second kappa shape index (κ2) is 7.85. The predicted molar refractivity (Wildman–Crippen MR) is 98.2 cm³/mol. The van der Waals surface area contributed by atoms with Crippen LogP contribution in [0.2, 0.25) is 0 Å².